The van der Waals surface area contributed by atoms with Gasteiger partial charge in [0.15, 0.2) is 0 Å². The van der Waals surface area contributed by atoms with E-state index >= 15 is 0 Å². The highest BCUT2D eigenvalue weighted by Gasteiger charge is 2.49. The number of halogens is 3. The average Bonchev–Trinajstić information content (AvgIpc) is 2.88. The highest BCUT2D eigenvalue weighted by atomic mass is 19.4. The van der Waals surface area contributed by atoms with Gasteiger partial charge in [-0.05, 0) is 30.0 Å². The van der Waals surface area contributed by atoms with Crippen LogP contribution in [0, 0.1) is 0 Å². The van der Waals surface area contributed by atoms with Crippen molar-refractivity contribution >= 4 is 17.5 Å². The van der Waals surface area contributed by atoms with Crippen LogP contribution in [-0.4, -0.2) is 31.6 Å². The van der Waals surface area contributed by atoms with Gasteiger partial charge in [0.1, 0.15) is 6.54 Å². The fourth-order valence-electron chi connectivity index (χ4n) is 3.78. The van der Waals surface area contributed by atoms with Gasteiger partial charge in [-0.15, -0.1) is 0 Å². The summed E-state index contributed by atoms with van der Waals surface area (Å²) in [5.41, 5.74) is 1.51. The summed E-state index contributed by atoms with van der Waals surface area (Å²) in [5.74, 6) is -0.870. The van der Waals surface area contributed by atoms with Crippen LogP contribution in [-0.2, 0) is 21.4 Å². The van der Waals surface area contributed by atoms with E-state index in [1.165, 1.54) is 0 Å². The molecular weight excluding hydrogens is 369 g/mol. The fourth-order valence-corrected chi connectivity index (χ4v) is 3.78. The first-order chi connectivity index (χ1) is 13.2. The third-order valence-electron chi connectivity index (χ3n) is 5.11. The lowest BCUT2D eigenvalue weighted by Crippen LogP contribution is -2.42. The van der Waals surface area contributed by atoms with Crippen LogP contribution in [0.3, 0.4) is 0 Å². The molecule has 1 heterocycles. The number of rotatable bonds is 6. The van der Waals surface area contributed by atoms with Crippen molar-refractivity contribution in [3.8, 4) is 0 Å². The number of alkyl halides is 3. The van der Waals surface area contributed by atoms with Crippen LogP contribution in [0.2, 0.25) is 0 Å². The molecule has 0 saturated carbocycles. The lowest BCUT2D eigenvalue weighted by Gasteiger charge is -2.28. The smallest absolute Gasteiger partial charge is 0.347 e. The van der Waals surface area contributed by atoms with Gasteiger partial charge < -0.3 is 10.2 Å². The van der Waals surface area contributed by atoms with Crippen molar-refractivity contribution in [2.75, 3.05) is 18.5 Å². The van der Waals surface area contributed by atoms with Crippen LogP contribution < -0.4 is 10.2 Å². The summed E-state index contributed by atoms with van der Waals surface area (Å²) in [7, 11) is 1.68. The molecule has 0 saturated heterocycles. The summed E-state index contributed by atoms with van der Waals surface area (Å²) < 4.78 is 37.1. The first-order valence-electron chi connectivity index (χ1n) is 8.98. The number of carbonyl (C=O) groups excluding carboxylic acids is 2. The molecule has 28 heavy (non-hydrogen) atoms. The molecule has 1 aliphatic rings. The Morgan fingerprint density at radius 2 is 1.71 bits per heavy atom. The number of hydrogen-bond donors (Lipinski definition) is 1. The van der Waals surface area contributed by atoms with Crippen molar-refractivity contribution in [1.29, 1.82) is 0 Å². The number of carbonyl (C=O) groups is 2. The zero-order valence-electron chi connectivity index (χ0n) is 15.4. The Kier molecular flexibility index (Phi) is 5.45. The second kappa shape index (κ2) is 7.66. The monoisotopic (exact) mass is 390 g/mol. The maximum absolute atomic E-state index is 13.2. The Labute approximate surface area is 161 Å². The molecule has 2 aromatic rings. The fraction of sp³-hybridized carbons (Fsp3) is 0.333. The summed E-state index contributed by atoms with van der Waals surface area (Å²) >= 11 is 0. The van der Waals surface area contributed by atoms with Crippen molar-refractivity contribution in [3.05, 3.63) is 65.7 Å². The number of benzene rings is 2. The number of fused-ring (bicyclic) bond motifs is 1. The first kappa shape index (κ1) is 19.9. The van der Waals surface area contributed by atoms with Crippen LogP contribution in [0.1, 0.15) is 24.0 Å². The van der Waals surface area contributed by atoms with E-state index in [0.717, 1.165) is 16.8 Å². The van der Waals surface area contributed by atoms with Gasteiger partial charge in [-0.25, -0.2) is 0 Å². The second-order valence-corrected chi connectivity index (χ2v) is 7.02. The maximum Gasteiger partial charge on any atom is 0.405 e. The zero-order valence-corrected chi connectivity index (χ0v) is 15.4. The molecule has 3 rings (SSSR count). The van der Waals surface area contributed by atoms with Gasteiger partial charge in [0.25, 0.3) is 0 Å². The Balaban J connectivity index is 1.89. The number of anilines is 1. The molecule has 2 amide bonds. The Morgan fingerprint density at radius 3 is 2.39 bits per heavy atom. The van der Waals surface area contributed by atoms with Gasteiger partial charge in [-0.3, -0.25) is 9.59 Å². The third kappa shape index (κ3) is 4.03. The summed E-state index contributed by atoms with van der Waals surface area (Å²) in [6.45, 7) is -1.37. The van der Waals surface area contributed by atoms with Gasteiger partial charge in [0, 0.05) is 19.2 Å². The molecule has 7 heteroatoms. The van der Waals surface area contributed by atoms with Crippen molar-refractivity contribution in [3.63, 3.8) is 0 Å². The molecule has 0 aliphatic carbocycles. The normalized spacial score (nSPS) is 18.9. The molecule has 0 unspecified atom stereocenters. The van der Waals surface area contributed by atoms with Gasteiger partial charge in [0.2, 0.25) is 11.8 Å². The van der Waals surface area contributed by atoms with Crippen LogP contribution >= 0.6 is 0 Å². The standard InChI is InChI=1S/C21H21F3N2O2/c1-26-17-10-6-5-9-16(17)20(19(26)28,13-15-7-3-2-4-8-15)12-11-18(27)25-14-21(22,23)24/h2-10H,11-14H2,1H3,(H,25,27)/t20-/m1/s1. The molecule has 0 spiro atoms. The Morgan fingerprint density at radius 1 is 1.07 bits per heavy atom. The topological polar surface area (TPSA) is 49.4 Å². The summed E-state index contributed by atoms with van der Waals surface area (Å²) in [5, 5.41) is 1.89. The third-order valence-corrected chi connectivity index (χ3v) is 5.11. The minimum Gasteiger partial charge on any atom is -0.347 e. The maximum atomic E-state index is 13.2. The van der Waals surface area contributed by atoms with E-state index in [-0.39, 0.29) is 18.7 Å². The van der Waals surface area contributed by atoms with E-state index in [2.05, 4.69) is 0 Å². The Hall–Kier alpha value is -2.83. The number of amides is 2. The van der Waals surface area contributed by atoms with Gasteiger partial charge in [-0.1, -0.05) is 48.5 Å². The van der Waals surface area contributed by atoms with Crippen molar-refractivity contribution < 1.29 is 22.8 Å². The molecular formula is C21H21F3N2O2. The van der Waals surface area contributed by atoms with Gasteiger partial charge in [-0.2, -0.15) is 13.2 Å². The highest BCUT2D eigenvalue weighted by molar-refractivity contribution is 6.08. The van der Waals surface area contributed by atoms with E-state index in [1.807, 2.05) is 59.9 Å². The van der Waals surface area contributed by atoms with Crippen molar-refractivity contribution in [2.45, 2.75) is 30.9 Å². The van der Waals surface area contributed by atoms with Crippen molar-refractivity contribution in [2.24, 2.45) is 0 Å². The molecule has 2 aromatic carbocycles. The van der Waals surface area contributed by atoms with E-state index in [1.54, 1.807) is 11.9 Å². The summed E-state index contributed by atoms with van der Waals surface area (Å²) in [6.07, 6.45) is -4.13. The van der Waals surface area contributed by atoms with Crippen LogP contribution in [0.15, 0.2) is 54.6 Å². The SMILES string of the molecule is CN1C(=O)[C@](CCC(=O)NCC(F)(F)F)(Cc2ccccc2)c2ccccc21. The Bertz CT molecular complexity index is 867. The van der Waals surface area contributed by atoms with Crippen molar-refractivity contribution in [1.82, 2.24) is 5.32 Å². The number of hydrogen-bond acceptors (Lipinski definition) is 2. The minimum atomic E-state index is -4.46. The number of nitrogens with zero attached hydrogens (tertiary/aromatic N) is 1. The lowest BCUT2D eigenvalue weighted by atomic mass is 9.73. The number of likely N-dealkylation sites (N-methyl/N-ethyl adjacent to an activating group) is 1. The molecule has 1 aliphatic heterocycles. The molecule has 148 valence electrons. The average molecular weight is 390 g/mol. The molecule has 0 fully saturated rings. The number of para-hydroxylation sites is 1. The van der Waals surface area contributed by atoms with Crippen LogP contribution in [0.25, 0.3) is 0 Å². The largest absolute Gasteiger partial charge is 0.405 e. The van der Waals surface area contributed by atoms with Crippen LogP contribution in [0.5, 0.6) is 0 Å². The van der Waals surface area contributed by atoms with E-state index in [9.17, 15) is 22.8 Å². The van der Waals surface area contributed by atoms with Crippen LogP contribution in [0.4, 0.5) is 18.9 Å². The molecule has 4 nitrogen and oxygen atoms in total. The highest BCUT2D eigenvalue weighted by Crippen LogP contribution is 2.46. The predicted molar refractivity (Wildman–Crippen MR) is 100.0 cm³/mol. The minimum absolute atomic E-state index is 0.131. The molecule has 1 N–H and O–H groups in total. The van der Waals surface area contributed by atoms with Gasteiger partial charge >= 0.3 is 6.18 Å². The summed E-state index contributed by atoms with van der Waals surface area (Å²) in [4.78, 5) is 26.8. The molecule has 1 atom stereocenters. The molecule has 0 radical (unpaired) electrons. The van der Waals surface area contributed by atoms with Gasteiger partial charge in [0.05, 0.1) is 5.41 Å². The van der Waals surface area contributed by atoms with E-state index in [0.29, 0.717) is 6.42 Å². The predicted octanol–water partition coefficient (Wildman–Crippen LogP) is 3.60. The summed E-state index contributed by atoms with van der Waals surface area (Å²) in [6, 6.07) is 16.8. The molecule has 0 bridgehead atoms. The zero-order chi connectivity index (χ0) is 20.4. The quantitative estimate of drug-likeness (QED) is 0.819. The van der Waals surface area contributed by atoms with E-state index < -0.39 is 24.0 Å². The molecule has 0 aromatic heterocycles. The first-order valence-corrected chi connectivity index (χ1v) is 8.98. The second-order valence-electron chi connectivity index (χ2n) is 7.02. The van der Waals surface area contributed by atoms with E-state index in [4.69, 9.17) is 0 Å². The lowest BCUT2D eigenvalue weighted by molar-refractivity contribution is -0.138. The number of nitrogens with one attached hydrogen (secondary N) is 1.